The Kier molecular flexibility index (Phi) is 3.44. The van der Waals surface area contributed by atoms with Gasteiger partial charge < -0.3 is 5.73 Å². The van der Waals surface area contributed by atoms with E-state index in [1.165, 1.54) is 5.56 Å². The van der Waals surface area contributed by atoms with Gasteiger partial charge in [0.15, 0.2) is 0 Å². The molecule has 0 atom stereocenters. The second-order valence-corrected chi connectivity index (χ2v) is 5.40. The molecule has 0 radical (unpaired) electrons. The van der Waals surface area contributed by atoms with E-state index in [0.717, 1.165) is 22.6 Å². The highest BCUT2D eigenvalue weighted by Gasteiger charge is 2.09. The maximum absolute atomic E-state index is 5.73. The topological polar surface area (TPSA) is 56.7 Å². The van der Waals surface area contributed by atoms with Crippen molar-refractivity contribution in [3.05, 3.63) is 60.3 Å². The van der Waals surface area contributed by atoms with Crippen LogP contribution in [0.3, 0.4) is 0 Å². The van der Waals surface area contributed by atoms with E-state index < -0.39 is 0 Å². The van der Waals surface area contributed by atoms with E-state index in [9.17, 15) is 0 Å². The number of hydrogen-bond acceptors (Lipinski definition) is 3. The summed E-state index contributed by atoms with van der Waals surface area (Å²) < 4.78 is 1.82. The number of benzene rings is 2. The van der Waals surface area contributed by atoms with Crippen molar-refractivity contribution in [3.63, 3.8) is 0 Å². The summed E-state index contributed by atoms with van der Waals surface area (Å²) in [5, 5.41) is 8.21. The highest BCUT2D eigenvalue weighted by atomic mass is 15.4. The Morgan fingerprint density at radius 1 is 0.952 bits per heavy atom. The minimum Gasteiger partial charge on any atom is -0.399 e. The Bertz CT molecular complexity index is 724. The first kappa shape index (κ1) is 13.4. The molecule has 2 aromatic carbocycles. The summed E-state index contributed by atoms with van der Waals surface area (Å²) in [5.41, 5.74) is 10.8. The minimum absolute atomic E-state index is 0.527. The second kappa shape index (κ2) is 5.40. The quantitative estimate of drug-likeness (QED) is 0.744. The van der Waals surface area contributed by atoms with E-state index in [1.807, 2.05) is 28.9 Å². The van der Waals surface area contributed by atoms with Crippen molar-refractivity contribution in [2.75, 3.05) is 5.73 Å². The molecular weight excluding hydrogens is 260 g/mol. The standard InChI is InChI=1S/C17H18N4/c1-12(2)13-3-5-14(6-4-13)17-11-19-20-21(17)16-9-7-15(18)8-10-16/h3-12H,18H2,1-2H3. The van der Waals surface area contributed by atoms with Gasteiger partial charge in [0.25, 0.3) is 0 Å². The zero-order valence-corrected chi connectivity index (χ0v) is 12.2. The Labute approximate surface area is 124 Å². The molecule has 0 aliphatic heterocycles. The van der Waals surface area contributed by atoms with Crippen molar-refractivity contribution in [3.8, 4) is 16.9 Å². The predicted octanol–water partition coefficient (Wildman–Crippen LogP) is 3.64. The zero-order chi connectivity index (χ0) is 14.8. The third-order valence-electron chi connectivity index (χ3n) is 3.56. The van der Waals surface area contributed by atoms with Gasteiger partial charge in [0, 0.05) is 11.3 Å². The maximum atomic E-state index is 5.73. The lowest BCUT2D eigenvalue weighted by molar-refractivity contribution is 0.808. The van der Waals surface area contributed by atoms with Crippen LogP contribution in [0.4, 0.5) is 5.69 Å². The highest BCUT2D eigenvalue weighted by molar-refractivity contribution is 5.61. The number of nitrogens with two attached hydrogens (primary N) is 1. The third-order valence-corrected chi connectivity index (χ3v) is 3.56. The van der Waals surface area contributed by atoms with Gasteiger partial charge in [-0.05, 0) is 35.7 Å². The lowest BCUT2D eigenvalue weighted by Gasteiger charge is -2.09. The second-order valence-electron chi connectivity index (χ2n) is 5.40. The van der Waals surface area contributed by atoms with Gasteiger partial charge in [-0.2, -0.15) is 0 Å². The molecule has 0 bridgehead atoms. The van der Waals surface area contributed by atoms with Gasteiger partial charge in [-0.15, -0.1) is 5.10 Å². The van der Waals surface area contributed by atoms with Crippen LogP contribution in [0.2, 0.25) is 0 Å². The number of anilines is 1. The molecule has 2 N–H and O–H groups in total. The summed E-state index contributed by atoms with van der Waals surface area (Å²) in [4.78, 5) is 0. The van der Waals surface area contributed by atoms with Gasteiger partial charge in [-0.1, -0.05) is 43.3 Å². The molecule has 3 aromatic rings. The molecule has 0 spiro atoms. The monoisotopic (exact) mass is 278 g/mol. The molecule has 0 aliphatic carbocycles. The van der Waals surface area contributed by atoms with Crippen molar-refractivity contribution in [2.24, 2.45) is 0 Å². The summed E-state index contributed by atoms with van der Waals surface area (Å²) in [6.45, 7) is 4.38. The molecule has 21 heavy (non-hydrogen) atoms. The molecular formula is C17H18N4. The van der Waals surface area contributed by atoms with Crippen LogP contribution in [-0.2, 0) is 0 Å². The summed E-state index contributed by atoms with van der Waals surface area (Å²) in [6.07, 6.45) is 1.78. The first-order chi connectivity index (χ1) is 10.1. The number of hydrogen-bond donors (Lipinski definition) is 1. The van der Waals surface area contributed by atoms with Crippen molar-refractivity contribution in [2.45, 2.75) is 19.8 Å². The number of nitrogens with zero attached hydrogens (tertiary/aromatic N) is 3. The average Bonchev–Trinajstić information content (AvgIpc) is 2.97. The summed E-state index contributed by atoms with van der Waals surface area (Å²) >= 11 is 0. The first-order valence-corrected chi connectivity index (χ1v) is 7.02. The lowest BCUT2D eigenvalue weighted by Crippen LogP contribution is -1.99. The summed E-state index contributed by atoms with van der Waals surface area (Å²) in [6, 6.07) is 16.1. The molecule has 0 unspecified atom stereocenters. The SMILES string of the molecule is CC(C)c1ccc(-c2cnnn2-c2ccc(N)cc2)cc1. The zero-order valence-electron chi connectivity index (χ0n) is 12.2. The number of nitrogen functional groups attached to an aromatic ring is 1. The molecule has 3 rings (SSSR count). The van der Waals surface area contributed by atoms with Gasteiger partial charge in [-0.3, -0.25) is 0 Å². The Morgan fingerprint density at radius 2 is 1.62 bits per heavy atom. The van der Waals surface area contributed by atoms with E-state index in [1.54, 1.807) is 6.20 Å². The number of rotatable bonds is 3. The molecule has 0 amide bonds. The number of aromatic nitrogens is 3. The van der Waals surface area contributed by atoms with Crippen molar-refractivity contribution in [1.82, 2.24) is 15.0 Å². The van der Waals surface area contributed by atoms with Gasteiger partial charge in [0.05, 0.1) is 17.6 Å². The summed E-state index contributed by atoms with van der Waals surface area (Å²) in [7, 11) is 0. The van der Waals surface area contributed by atoms with Crippen LogP contribution in [0.5, 0.6) is 0 Å². The molecule has 106 valence electrons. The first-order valence-electron chi connectivity index (χ1n) is 7.02. The van der Waals surface area contributed by atoms with Crippen LogP contribution in [-0.4, -0.2) is 15.0 Å². The fourth-order valence-corrected chi connectivity index (χ4v) is 2.28. The molecule has 0 fully saturated rings. The molecule has 1 heterocycles. The largest absolute Gasteiger partial charge is 0.399 e. The van der Waals surface area contributed by atoms with E-state index in [0.29, 0.717) is 5.92 Å². The molecule has 1 aromatic heterocycles. The normalized spacial score (nSPS) is 11.0. The third kappa shape index (κ3) is 2.65. The van der Waals surface area contributed by atoms with E-state index in [-0.39, 0.29) is 0 Å². The Balaban J connectivity index is 2.00. The van der Waals surface area contributed by atoms with Crippen molar-refractivity contribution < 1.29 is 0 Å². The van der Waals surface area contributed by atoms with Gasteiger partial charge in [0.2, 0.25) is 0 Å². The molecule has 4 nitrogen and oxygen atoms in total. The van der Waals surface area contributed by atoms with Crippen LogP contribution in [0.25, 0.3) is 16.9 Å². The predicted molar refractivity (Wildman–Crippen MR) is 85.3 cm³/mol. The van der Waals surface area contributed by atoms with Crippen molar-refractivity contribution in [1.29, 1.82) is 0 Å². The van der Waals surface area contributed by atoms with E-state index in [2.05, 4.69) is 48.4 Å². The van der Waals surface area contributed by atoms with E-state index in [4.69, 9.17) is 5.73 Å². The fraction of sp³-hybridized carbons (Fsp3) is 0.176. The molecule has 0 saturated heterocycles. The Morgan fingerprint density at radius 3 is 2.24 bits per heavy atom. The van der Waals surface area contributed by atoms with Crippen LogP contribution >= 0.6 is 0 Å². The van der Waals surface area contributed by atoms with Gasteiger partial charge in [0.1, 0.15) is 0 Å². The van der Waals surface area contributed by atoms with Crippen LogP contribution < -0.4 is 5.73 Å². The fourth-order valence-electron chi connectivity index (χ4n) is 2.28. The lowest BCUT2D eigenvalue weighted by atomic mass is 10.0. The molecule has 0 saturated carbocycles. The molecule has 0 aliphatic rings. The van der Waals surface area contributed by atoms with Crippen molar-refractivity contribution >= 4 is 5.69 Å². The minimum atomic E-state index is 0.527. The Hall–Kier alpha value is -2.62. The summed E-state index contributed by atoms with van der Waals surface area (Å²) in [5.74, 6) is 0.527. The van der Waals surface area contributed by atoms with E-state index >= 15 is 0 Å². The van der Waals surface area contributed by atoms with Crippen LogP contribution in [0.15, 0.2) is 54.7 Å². The smallest absolute Gasteiger partial charge is 0.0944 e. The van der Waals surface area contributed by atoms with Gasteiger partial charge in [-0.25, -0.2) is 4.68 Å². The van der Waals surface area contributed by atoms with Crippen LogP contribution in [0, 0.1) is 0 Å². The average molecular weight is 278 g/mol. The highest BCUT2D eigenvalue weighted by Crippen LogP contribution is 2.24. The van der Waals surface area contributed by atoms with Crippen LogP contribution in [0.1, 0.15) is 25.3 Å². The maximum Gasteiger partial charge on any atom is 0.0944 e. The molecule has 4 heteroatoms. The van der Waals surface area contributed by atoms with Gasteiger partial charge >= 0.3 is 0 Å².